The molecule has 0 aliphatic carbocycles. The highest BCUT2D eigenvalue weighted by molar-refractivity contribution is 7.26. The number of benzene rings is 1. The minimum atomic E-state index is -0.626. The lowest BCUT2D eigenvalue weighted by molar-refractivity contribution is -0.125. The van der Waals surface area contributed by atoms with Crippen LogP contribution in [0.2, 0.25) is 0 Å². The summed E-state index contributed by atoms with van der Waals surface area (Å²) in [7, 11) is 0. The standard InChI is InChI=1S/C20H19N3O2S2/c1-3-15(19(24)21-11-13-7-6-10-26-13)23-20(25)17-14-8-4-5-9-16(14)27-18(17)12(2)22-23/h4-10,15H,3,11H2,1-2H3,(H,21,24)/t15-/m0/s1. The van der Waals surface area contributed by atoms with Gasteiger partial charge in [0.1, 0.15) is 6.04 Å². The van der Waals surface area contributed by atoms with Crippen LogP contribution in [0.15, 0.2) is 46.6 Å². The third-order valence-corrected chi connectivity index (χ3v) is 6.76. The molecule has 0 aliphatic heterocycles. The Bertz CT molecular complexity index is 1180. The summed E-state index contributed by atoms with van der Waals surface area (Å²) < 4.78 is 3.31. The van der Waals surface area contributed by atoms with E-state index in [0.717, 1.165) is 25.4 Å². The predicted octanol–water partition coefficient (Wildman–Crippen LogP) is 4.25. The highest BCUT2D eigenvalue weighted by Crippen LogP contribution is 2.33. The van der Waals surface area contributed by atoms with E-state index in [1.165, 1.54) is 4.68 Å². The topological polar surface area (TPSA) is 64.0 Å². The third-order valence-electron chi connectivity index (χ3n) is 4.61. The monoisotopic (exact) mass is 397 g/mol. The number of carbonyl (C=O) groups is 1. The van der Waals surface area contributed by atoms with Gasteiger partial charge in [0.05, 0.1) is 22.3 Å². The molecule has 1 atom stereocenters. The first-order chi connectivity index (χ1) is 13.1. The van der Waals surface area contributed by atoms with E-state index in [2.05, 4.69) is 10.4 Å². The molecule has 1 aromatic carbocycles. The van der Waals surface area contributed by atoms with Crippen molar-refractivity contribution in [2.24, 2.45) is 0 Å². The SMILES string of the molecule is CC[C@@H](C(=O)NCc1cccs1)n1nc(C)c2sc3ccccc3c2c1=O. The van der Waals surface area contributed by atoms with Gasteiger partial charge >= 0.3 is 0 Å². The van der Waals surface area contributed by atoms with Crippen molar-refractivity contribution >= 4 is 48.8 Å². The van der Waals surface area contributed by atoms with Gasteiger partial charge in [-0.3, -0.25) is 9.59 Å². The van der Waals surface area contributed by atoms with Gasteiger partial charge in [-0.15, -0.1) is 22.7 Å². The van der Waals surface area contributed by atoms with Crippen molar-refractivity contribution in [1.82, 2.24) is 15.1 Å². The maximum absolute atomic E-state index is 13.2. The van der Waals surface area contributed by atoms with Crippen LogP contribution in [0.4, 0.5) is 0 Å². The highest BCUT2D eigenvalue weighted by atomic mass is 32.1. The Morgan fingerprint density at radius 3 is 2.81 bits per heavy atom. The van der Waals surface area contributed by atoms with Gasteiger partial charge in [-0.05, 0) is 30.9 Å². The van der Waals surface area contributed by atoms with Gasteiger partial charge in [0.15, 0.2) is 0 Å². The minimum absolute atomic E-state index is 0.182. The van der Waals surface area contributed by atoms with Crippen LogP contribution >= 0.6 is 22.7 Å². The third kappa shape index (κ3) is 3.17. The van der Waals surface area contributed by atoms with E-state index in [4.69, 9.17) is 0 Å². The summed E-state index contributed by atoms with van der Waals surface area (Å²) in [5.41, 5.74) is 0.571. The molecule has 0 spiro atoms. The fourth-order valence-electron chi connectivity index (χ4n) is 3.27. The number of aromatic nitrogens is 2. The lowest BCUT2D eigenvalue weighted by Gasteiger charge is -2.17. The molecule has 0 saturated carbocycles. The van der Waals surface area contributed by atoms with Gasteiger partial charge in [-0.25, -0.2) is 4.68 Å². The highest BCUT2D eigenvalue weighted by Gasteiger charge is 2.24. The molecule has 0 radical (unpaired) electrons. The summed E-state index contributed by atoms with van der Waals surface area (Å²) in [6.07, 6.45) is 0.496. The van der Waals surface area contributed by atoms with Gasteiger partial charge in [0.25, 0.3) is 5.56 Å². The van der Waals surface area contributed by atoms with Gasteiger partial charge in [0, 0.05) is 15.0 Å². The molecule has 0 fully saturated rings. The van der Waals surface area contributed by atoms with Crippen LogP contribution in [0, 0.1) is 6.92 Å². The first kappa shape index (κ1) is 17.9. The van der Waals surface area contributed by atoms with Crippen molar-refractivity contribution in [2.45, 2.75) is 32.9 Å². The zero-order valence-electron chi connectivity index (χ0n) is 15.1. The second-order valence-electron chi connectivity index (χ2n) is 6.36. The molecule has 1 N–H and O–H groups in total. The molecule has 27 heavy (non-hydrogen) atoms. The van der Waals surface area contributed by atoms with Crippen molar-refractivity contribution in [1.29, 1.82) is 0 Å². The minimum Gasteiger partial charge on any atom is -0.349 e. The molecule has 3 aromatic heterocycles. The number of carbonyl (C=O) groups excluding carboxylic acids is 1. The number of fused-ring (bicyclic) bond motifs is 3. The fraction of sp³-hybridized carbons (Fsp3) is 0.250. The molecule has 0 unspecified atom stereocenters. The van der Waals surface area contributed by atoms with E-state index < -0.39 is 6.04 Å². The summed E-state index contributed by atoms with van der Waals surface area (Å²) in [6.45, 7) is 4.25. The van der Waals surface area contributed by atoms with Crippen molar-refractivity contribution in [2.75, 3.05) is 0 Å². The largest absolute Gasteiger partial charge is 0.349 e. The first-order valence-corrected chi connectivity index (χ1v) is 10.5. The number of amides is 1. The molecule has 1 amide bonds. The summed E-state index contributed by atoms with van der Waals surface area (Å²) in [5.74, 6) is -0.182. The van der Waals surface area contributed by atoms with Crippen LogP contribution in [0.5, 0.6) is 0 Å². The average Bonchev–Trinajstić information content (AvgIpc) is 3.32. The lowest BCUT2D eigenvalue weighted by Crippen LogP contribution is -2.38. The summed E-state index contributed by atoms with van der Waals surface area (Å²) in [4.78, 5) is 27.1. The number of hydrogen-bond acceptors (Lipinski definition) is 5. The van der Waals surface area contributed by atoms with Crippen molar-refractivity contribution in [3.63, 3.8) is 0 Å². The quantitative estimate of drug-likeness (QED) is 0.548. The van der Waals surface area contributed by atoms with Crippen LogP contribution in [-0.2, 0) is 11.3 Å². The van der Waals surface area contributed by atoms with Crippen LogP contribution in [0.1, 0.15) is 30.0 Å². The second-order valence-corrected chi connectivity index (χ2v) is 8.44. The zero-order valence-corrected chi connectivity index (χ0v) is 16.7. The van der Waals surface area contributed by atoms with E-state index in [0.29, 0.717) is 18.4 Å². The van der Waals surface area contributed by atoms with Crippen LogP contribution in [0.3, 0.4) is 0 Å². The Kier molecular flexibility index (Phi) is 4.80. The number of nitrogens with one attached hydrogen (secondary N) is 1. The van der Waals surface area contributed by atoms with Gasteiger partial charge < -0.3 is 5.32 Å². The van der Waals surface area contributed by atoms with E-state index in [9.17, 15) is 9.59 Å². The van der Waals surface area contributed by atoms with Crippen molar-refractivity contribution in [3.8, 4) is 0 Å². The normalized spacial score (nSPS) is 12.5. The first-order valence-electron chi connectivity index (χ1n) is 8.81. The molecular formula is C20H19N3O2S2. The van der Waals surface area contributed by atoms with Crippen LogP contribution in [0.25, 0.3) is 20.2 Å². The Morgan fingerprint density at radius 2 is 2.07 bits per heavy atom. The maximum Gasteiger partial charge on any atom is 0.276 e. The Morgan fingerprint density at radius 1 is 1.26 bits per heavy atom. The van der Waals surface area contributed by atoms with Gasteiger partial charge in [0.2, 0.25) is 5.91 Å². The molecule has 0 saturated heterocycles. The van der Waals surface area contributed by atoms with E-state index in [1.54, 1.807) is 22.7 Å². The molecule has 5 nitrogen and oxygen atoms in total. The molecule has 4 rings (SSSR count). The van der Waals surface area contributed by atoms with E-state index in [-0.39, 0.29) is 11.5 Å². The number of nitrogens with zero attached hydrogens (tertiary/aromatic N) is 2. The molecule has 4 aromatic rings. The second kappa shape index (κ2) is 7.25. The van der Waals surface area contributed by atoms with Crippen LogP contribution in [-0.4, -0.2) is 15.7 Å². The number of hydrogen-bond donors (Lipinski definition) is 1. The Balaban J connectivity index is 1.77. The Hall–Kier alpha value is -2.51. The molecule has 138 valence electrons. The maximum atomic E-state index is 13.2. The Labute approximate surface area is 164 Å². The summed E-state index contributed by atoms with van der Waals surface area (Å²) in [6, 6.07) is 11.2. The fourth-order valence-corrected chi connectivity index (χ4v) is 5.04. The number of rotatable bonds is 5. The predicted molar refractivity (Wildman–Crippen MR) is 112 cm³/mol. The summed E-state index contributed by atoms with van der Waals surface area (Å²) in [5, 5.41) is 11.0. The van der Waals surface area contributed by atoms with Crippen molar-refractivity contribution in [3.05, 3.63) is 62.7 Å². The van der Waals surface area contributed by atoms with Crippen molar-refractivity contribution < 1.29 is 4.79 Å². The molecule has 7 heteroatoms. The van der Waals surface area contributed by atoms with E-state index >= 15 is 0 Å². The molecule has 3 heterocycles. The molecular weight excluding hydrogens is 378 g/mol. The molecule has 0 bridgehead atoms. The van der Waals surface area contributed by atoms with Gasteiger partial charge in [-0.2, -0.15) is 5.10 Å². The van der Waals surface area contributed by atoms with Crippen LogP contribution < -0.4 is 10.9 Å². The van der Waals surface area contributed by atoms with Gasteiger partial charge in [-0.1, -0.05) is 31.2 Å². The lowest BCUT2D eigenvalue weighted by atomic mass is 10.1. The van der Waals surface area contributed by atoms with E-state index in [1.807, 2.05) is 55.6 Å². The average molecular weight is 398 g/mol. The summed E-state index contributed by atoms with van der Waals surface area (Å²) >= 11 is 3.16. The molecule has 0 aliphatic rings. The zero-order chi connectivity index (χ0) is 19.0. The number of aryl methyl sites for hydroxylation is 1. The smallest absolute Gasteiger partial charge is 0.276 e. The number of thiophene rings is 2.